The van der Waals surface area contributed by atoms with Crippen LogP contribution in [0.25, 0.3) is 0 Å². The Morgan fingerprint density at radius 3 is 2.91 bits per heavy atom. The van der Waals surface area contributed by atoms with Gasteiger partial charge in [-0.3, -0.25) is 4.79 Å². The largest absolute Gasteiger partial charge is 0.410 e. The van der Waals surface area contributed by atoms with E-state index >= 15 is 0 Å². The Balaban J connectivity index is 2.99. The Kier molecular flexibility index (Phi) is 1.99. The molecule has 7 heteroatoms. The van der Waals surface area contributed by atoms with E-state index in [1.165, 1.54) is 0 Å². The van der Waals surface area contributed by atoms with Crippen molar-refractivity contribution in [3.05, 3.63) is 0 Å². The minimum atomic E-state index is -0.659. The summed E-state index contributed by atoms with van der Waals surface area (Å²) < 4.78 is 0. The lowest BCUT2D eigenvalue weighted by Gasteiger charge is -2.15. The molecular formula is C4H6N4O2S. The van der Waals surface area contributed by atoms with Crippen LogP contribution < -0.4 is 11.1 Å². The van der Waals surface area contributed by atoms with Crippen molar-refractivity contribution in [1.29, 1.82) is 0 Å². The summed E-state index contributed by atoms with van der Waals surface area (Å²) in [6.45, 7) is 0. The van der Waals surface area contributed by atoms with Gasteiger partial charge in [-0.2, -0.15) is 0 Å². The number of amidine groups is 1. The molecular weight excluding hydrogens is 168 g/mol. The summed E-state index contributed by atoms with van der Waals surface area (Å²) >= 11 is 3.82. The summed E-state index contributed by atoms with van der Waals surface area (Å²) in [4.78, 5) is 14.5. The predicted molar refractivity (Wildman–Crippen MR) is 41.8 cm³/mol. The molecule has 0 radical (unpaired) electrons. The molecule has 1 aliphatic heterocycles. The van der Waals surface area contributed by atoms with Crippen molar-refractivity contribution in [2.24, 2.45) is 15.9 Å². The summed E-state index contributed by atoms with van der Waals surface area (Å²) in [5, 5.41) is 13.2. The zero-order chi connectivity index (χ0) is 8.43. The average molecular weight is 174 g/mol. The van der Waals surface area contributed by atoms with Gasteiger partial charge in [0.2, 0.25) is 5.71 Å². The molecule has 1 rings (SSSR count). The standard InChI is InChI=1S/C4H6N4O2S/c5-2-1(8-10)3(9)7-4(11)6-2/h4,10-11H,(H2,5,6)(H,7,9)/b8-1-. The number of nitrogens with one attached hydrogen (secondary N) is 1. The number of aliphatic imine (C=N–C) groups is 1. The van der Waals surface area contributed by atoms with Crippen LogP contribution in [0.2, 0.25) is 0 Å². The molecule has 1 aliphatic rings. The number of carbonyl (C=O) groups is 1. The normalized spacial score (nSPS) is 28.1. The first kappa shape index (κ1) is 7.86. The molecule has 1 atom stereocenters. The van der Waals surface area contributed by atoms with E-state index in [0.717, 1.165) is 0 Å². The van der Waals surface area contributed by atoms with Gasteiger partial charge in [-0.1, -0.05) is 5.16 Å². The second-order valence-electron chi connectivity index (χ2n) is 1.81. The van der Waals surface area contributed by atoms with Crippen molar-refractivity contribution in [2.45, 2.75) is 5.50 Å². The number of hydrogen-bond acceptors (Lipinski definition) is 6. The van der Waals surface area contributed by atoms with Gasteiger partial charge in [0.05, 0.1) is 0 Å². The molecule has 0 aromatic carbocycles. The summed E-state index contributed by atoms with van der Waals surface area (Å²) in [6.07, 6.45) is 0. The third-order valence-corrected chi connectivity index (χ3v) is 1.32. The van der Waals surface area contributed by atoms with Gasteiger partial charge in [0, 0.05) is 0 Å². The molecule has 0 bridgehead atoms. The van der Waals surface area contributed by atoms with Crippen LogP contribution in [-0.4, -0.2) is 28.2 Å². The molecule has 60 valence electrons. The van der Waals surface area contributed by atoms with E-state index in [-0.39, 0.29) is 11.5 Å². The first-order valence-electron chi connectivity index (χ1n) is 2.70. The zero-order valence-electron chi connectivity index (χ0n) is 5.35. The van der Waals surface area contributed by atoms with Crippen LogP contribution in [0.4, 0.5) is 0 Å². The van der Waals surface area contributed by atoms with Crippen molar-refractivity contribution in [2.75, 3.05) is 0 Å². The Bertz CT molecular complexity index is 248. The zero-order valence-corrected chi connectivity index (χ0v) is 6.25. The van der Waals surface area contributed by atoms with Crippen LogP contribution in [0.1, 0.15) is 0 Å². The van der Waals surface area contributed by atoms with Gasteiger partial charge in [-0.25, -0.2) is 4.99 Å². The van der Waals surface area contributed by atoms with Gasteiger partial charge in [-0.05, 0) is 0 Å². The summed E-state index contributed by atoms with van der Waals surface area (Å²) in [5.74, 6) is -0.698. The molecule has 0 aromatic rings. The van der Waals surface area contributed by atoms with Crippen LogP contribution in [0.15, 0.2) is 10.1 Å². The molecule has 0 aliphatic carbocycles. The van der Waals surface area contributed by atoms with E-state index < -0.39 is 11.4 Å². The lowest BCUT2D eigenvalue weighted by molar-refractivity contribution is -0.115. The molecule has 1 unspecified atom stereocenters. The number of amides is 1. The number of thiol groups is 1. The van der Waals surface area contributed by atoms with Crippen molar-refractivity contribution in [3.8, 4) is 0 Å². The Morgan fingerprint density at radius 1 is 1.82 bits per heavy atom. The molecule has 11 heavy (non-hydrogen) atoms. The third kappa shape index (κ3) is 1.43. The van der Waals surface area contributed by atoms with Crippen LogP contribution in [-0.2, 0) is 4.79 Å². The van der Waals surface area contributed by atoms with Gasteiger partial charge in [-0.15, -0.1) is 12.6 Å². The highest BCUT2D eigenvalue weighted by Gasteiger charge is 2.23. The van der Waals surface area contributed by atoms with Crippen LogP contribution >= 0.6 is 12.6 Å². The SMILES string of the molecule is NC1=NC(S)NC(=O)/C1=N\O. The summed E-state index contributed by atoms with van der Waals surface area (Å²) in [5.41, 5.74) is 4.28. The highest BCUT2D eigenvalue weighted by molar-refractivity contribution is 7.80. The van der Waals surface area contributed by atoms with Gasteiger partial charge in [0.1, 0.15) is 0 Å². The van der Waals surface area contributed by atoms with E-state index in [1.54, 1.807) is 0 Å². The predicted octanol–water partition coefficient (Wildman–Crippen LogP) is -1.48. The number of oxime groups is 1. The number of rotatable bonds is 0. The van der Waals surface area contributed by atoms with Crippen LogP contribution in [0.5, 0.6) is 0 Å². The fraction of sp³-hybridized carbons (Fsp3) is 0.250. The third-order valence-electron chi connectivity index (χ3n) is 1.08. The lowest BCUT2D eigenvalue weighted by Crippen LogP contribution is -2.47. The Hall–Kier alpha value is -1.24. The fourth-order valence-electron chi connectivity index (χ4n) is 0.624. The van der Waals surface area contributed by atoms with E-state index in [9.17, 15) is 4.79 Å². The van der Waals surface area contributed by atoms with Crippen LogP contribution in [0.3, 0.4) is 0 Å². The maximum absolute atomic E-state index is 10.8. The summed E-state index contributed by atoms with van der Waals surface area (Å²) in [6, 6.07) is 0. The van der Waals surface area contributed by atoms with E-state index in [2.05, 4.69) is 28.1 Å². The van der Waals surface area contributed by atoms with Crippen molar-refractivity contribution < 1.29 is 10.0 Å². The molecule has 0 fully saturated rings. The van der Waals surface area contributed by atoms with Gasteiger partial charge >= 0.3 is 0 Å². The van der Waals surface area contributed by atoms with Gasteiger partial charge < -0.3 is 16.3 Å². The second-order valence-corrected chi connectivity index (χ2v) is 2.30. The maximum Gasteiger partial charge on any atom is 0.279 e. The molecule has 6 nitrogen and oxygen atoms in total. The van der Waals surface area contributed by atoms with E-state index in [1.807, 2.05) is 0 Å². The highest BCUT2D eigenvalue weighted by atomic mass is 32.1. The quantitative estimate of drug-likeness (QED) is 0.204. The number of carbonyl (C=O) groups excluding carboxylic acids is 1. The molecule has 0 saturated heterocycles. The number of hydrogen-bond donors (Lipinski definition) is 4. The lowest BCUT2D eigenvalue weighted by atomic mass is 10.3. The minimum absolute atomic E-state index is 0.115. The number of nitrogens with two attached hydrogens (primary N) is 1. The molecule has 0 spiro atoms. The number of nitrogens with zero attached hydrogens (tertiary/aromatic N) is 2. The first-order chi connectivity index (χ1) is 5.15. The van der Waals surface area contributed by atoms with E-state index in [0.29, 0.717) is 0 Å². The van der Waals surface area contributed by atoms with Gasteiger partial charge in [0.25, 0.3) is 5.91 Å². The Labute approximate surface area is 67.6 Å². The van der Waals surface area contributed by atoms with E-state index in [4.69, 9.17) is 10.9 Å². The molecule has 4 N–H and O–H groups in total. The molecule has 1 amide bonds. The fourth-order valence-corrected chi connectivity index (χ4v) is 0.865. The minimum Gasteiger partial charge on any atom is -0.410 e. The maximum atomic E-state index is 10.8. The van der Waals surface area contributed by atoms with Gasteiger partial charge in [0.15, 0.2) is 11.3 Å². The Morgan fingerprint density at radius 2 is 2.45 bits per heavy atom. The molecule has 1 heterocycles. The average Bonchev–Trinajstić information content (AvgIpc) is 1.85. The molecule has 0 aromatic heterocycles. The second kappa shape index (κ2) is 2.79. The topological polar surface area (TPSA) is 100 Å². The highest BCUT2D eigenvalue weighted by Crippen LogP contribution is 1.98. The molecule has 0 saturated carbocycles. The summed E-state index contributed by atoms with van der Waals surface area (Å²) in [7, 11) is 0. The van der Waals surface area contributed by atoms with Crippen molar-refractivity contribution in [1.82, 2.24) is 5.32 Å². The van der Waals surface area contributed by atoms with Crippen molar-refractivity contribution >= 4 is 30.1 Å². The van der Waals surface area contributed by atoms with Crippen molar-refractivity contribution in [3.63, 3.8) is 0 Å². The smallest absolute Gasteiger partial charge is 0.279 e. The van der Waals surface area contributed by atoms with Crippen LogP contribution in [0, 0.1) is 0 Å². The first-order valence-corrected chi connectivity index (χ1v) is 3.21. The monoisotopic (exact) mass is 174 g/mol.